The zero-order valence-corrected chi connectivity index (χ0v) is 14.6. The Morgan fingerprint density at radius 2 is 1.72 bits per heavy atom. The third-order valence-electron chi connectivity index (χ3n) is 5.40. The van der Waals surface area contributed by atoms with Gasteiger partial charge in [-0.05, 0) is 44.1 Å². The molecule has 5 heteroatoms. The summed E-state index contributed by atoms with van der Waals surface area (Å²) in [5.41, 5.74) is 1.12. The van der Waals surface area contributed by atoms with Gasteiger partial charge in [-0.15, -0.1) is 0 Å². The molecule has 1 atom stereocenters. The van der Waals surface area contributed by atoms with Crippen molar-refractivity contribution < 1.29 is 19.4 Å². The van der Waals surface area contributed by atoms with Crippen molar-refractivity contribution in [1.82, 2.24) is 4.90 Å². The van der Waals surface area contributed by atoms with Crippen molar-refractivity contribution in [1.29, 1.82) is 0 Å². The third-order valence-corrected chi connectivity index (χ3v) is 5.40. The molecule has 1 aromatic rings. The van der Waals surface area contributed by atoms with Gasteiger partial charge < -0.3 is 14.7 Å². The predicted octanol–water partition coefficient (Wildman–Crippen LogP) is 3.09. The highest BCUT2D eigenvalue weighted by Gasteiger charge is 2.33. The van der Waals surface area contributed by atoms with Crippen LogP contribution in [0.1, 0.15) is 44.1 Å². The lowest BCUT2D eigenvalue weighted by Gasteiger charge is -2.32. The van der Waals surface area contributed by atoms with Gasteiger partial charge in [0.1, 0.15) is 0 Å². The van der Waals surface area contributed by atoms with E-state index >= 15 is 0 Å². The van der Waals surface area contributed by atoms with E-state index in [1.807, 2.05) is 35.2 Å². The Balaban J connectivity index is 1.65. The first-order chi connectivity index (χ1) is 12.1. The van der Waals surface area contributed by atoms with Crippen LogP contribution in [0.5, 0.6) is 0 Å². The molecule has 136 valence electrons. The van der Waals surface area contributed by atoms with E-state index in [1.54, 1.807) is 0 Å². The van der Waals surface area contributed by atoms with Gasteiger partial charge in [0.15, 0.2) is 0 Å². The zero-order valence-electron chi connectivity index (χ0n) is 14.6. The van der Waals surface area contributed by atoms with Crippen LogP contribution in [-0.2, 0) is 20.9 Å². The second kappa shape index (κ2) is 8.48. The molecule has 1 amide bonds. The number of rotatable bonds is 6. The Morgan fingerprint density at radius 1 is 1.04 bits per heavy atom. The van der Waals surface area contributed by atoms with Crippen molar-refractivity contribution in [2.24, 2.45) is 11.8 Å². The second-order valence-electron chi connectivity index (χ2n) is 7.23. The fourth-order valence-electron chi connectivity index (χ4n) is 3.92. The van der Waals surface area contributed by atoms with Gasteiger partial charge in [-0.25, -0.2) is 0 Å². The van der Waals surface area contributed by atoms with Crippen molar-refractivity contribution in [2.75, 3.05) is 13.2 Å². The van der Waals surface area contributed by atoms with Gasteiger partial charge in [0.2, 0.25) is 5.91 Å². The lowest BCUT2D eigenvalue weighted by molar-refractivity contribution is -0.146. The number of benzene rings is 1. The summed E-state index contributed by atoms with van der Waals surface area (Å²) in [6, 6.07) is 10.0. The molecule has 1 aromatic carbocycles. The number of carboxylic acids is 1. The van der Waals surface area contributed by atoms with Crippen LogP contribution in [-0.4, -0.2) is 41.1 Å². The number of aliphatic carboxylic acids is 1. The topological polar surface area (TPSA) is 66.8 Å². The highest BCUT2D eigenvalue weighted by Crippen LogP contribution is 2.31. The maximum absolute atomic E-state index is 13.1. The second-order valence-corrected chi connectivity index (χ2v) is 7.23. The quantitative estimate of drug-likeness (QED) is 0.860. The molecule has 0 spiro atoms. The summed E-state index contributed by atoms with van der Waals surface area (Å²) < 4.78 is 5.74. The van der Waals surface area contributed by atoms with Crippen LogP contribution >= 0.6 is 0 Å². The highest BCUT2D eigenvalue weighted by atomic mass is 16.5. The molecule has 2 fully saturated rings. The molecule has 0 bridgehead atoms. The van der Waals surface area contributed by atoms with E-state index in [4.69, 9.17) is 9.84 Å². The average molecular weight is 345 g/mol. The molecule has 1 aliphatic heterocycles. The van der Waals surface area contributed by atoms with E-state index in [1.165, 1.54) is 0 Å². The Hall–Kier alpha value is -1.88. The van der Waals surface area contributed by atoms with Crippen molar-refractivity contribution in [2.45, 2.75) is 51.2 Å². The van der Waals surface area contributed by atoms with Gasteiger partial charge in [-0.2, -0.15) is 0 Å². The van der Waals surface area contributed by atoms with Crippen LogP contribution in [0, 0.1) is 11.8 Å². The number of amides is 1. The minimum Gasteiger partial charge on any atom is -0.481 e. The summed E-state index contributed by atoms with van der Waals surface area (Å²) >= 11 is 0. The Kier molecular flexibility index (Phi) is 6.08. The Morgan fingerprint density at radius 3 is 2.32 bits per heavy atom. The molecule has 1 saturated carbocycles. The molecule has 0 radical (unpaired) electrons. The molecule has 0 unspecified atom stereocenters. The van der Waals surface area contributed by atoms with E-state index in [2.05, 4.69) is 0 Å². The number of hydrogen-bond donors (Lipinski definition) is 1. The lowest BCUT2D eigenvalue weighted by atomic mass is 9.81. The Bertz CT molecular complexity index is 575. The van der Waals surface area contributed by atoms with Gasteiger partial charge >= 0.3 is 5.97 Å². The molecule has 0 aromatic heterocycles. The minimum atomic E-state index is -0.730. The average Bonchev–Trinajstić information content (AvgIpc) is 3.14. The molecule has 1 heterocycles. The van der Waals surface area contributed by atoms with Crippen LogP contribution in [0.4, 0.5) is 0 Å². The molecule has 3 rings (SSSR count). The van der Waals surface area contributed by atoms with Crippen LogP contribution < -0.4 is 0 Å². The summed E-state index contributed by atoms with van der Waals surface area (Å²) in [7, 11) is 0. The number of carboxylic acid groups (broad SMARTS) is 1. The normalized spacial score (nSPS) is 26.3. The fraction of sp³-hybridized carbons (Fsp3) is 0.600. The number of hydrogen-bond acceptors (Lipinski definition) is 3. The van der Waals surface area contributed by atoms with E-state index in [9.17, 15) is 9.59 Å². The molecule has 25 heavy (non-hydrogen) atoms. The minimum absolute atomic E-state index is 0.0549. The Labute approximate surface area is 149 Å². The molecule has 1 N–H and O–H groups in total. The van der Waals surface area contributed by atoms with Crippen molar-refractivity contribution >= 4 is 11.9 Å². The maximum Gasteiger partial charge on any atom is 0.306 e. The van der Waals surface area contributed by atoms with Gasteiger partial charge in [-0.3, -0.25) is 9.59 Å². The van der Waals surface area contributed by atoms with Crippen LogP contribution in [0.2, 0.25) is 0 Å². The summed E-state index contributed by atoms with van der Waals surface area (Å²) in [5.74, 6) is -0.917. The van der Waals surface area contributed by atoms with E-state index in [0.29, 0.717) is 38.8 Å². The third kappa shape index (κ3) is 4.82. The smallest absolute Gasteiger partial charge is 0.306 e. The van der Waals surface area contributed by atoms with Crippen molar-refractivity contribution in [3.05, 3.63) is 35.9 Å². The molecule has 2 aliphatic rings. The van der Waals surface area contributed by atoms with E-state index < -0.39 is 5.97 Å². The lowest BCUT2D eigenvalue weighted by Crippen LogP contribution is -2.41. The largest absolute Gasteiger partial charge is 0.481 e. The predicted molar refractivity (Wildman–Crippen MR) is 93.9 cm³/mol. The first-order valence-electron chi connectivity index (χ1n) is 9.30. The van der Waals surface area contributed by atoms with Crippen molar-refractivity contribution in [3.63, 3.8) is 0 Å². The molecule has 5 nitrogen and oxygen atoms in total. The maximum atomic E-state index is 13.1. The van der Waals surface area contributed by atoms with Gasteiger partial charge in [-0.1, -0.05) is 30.3 Å². The summed E-state index contributed by atoms with van der Waals surface area (Å²) in [6.07, 6.45) is 4.74. The molecular weight excluding hydrogens is 318 g/mol. The summed E-state index contributed by atoms with van der Waals surface area (Å²) in [6.45, 7) is 2.01. The van der Waals surface area contributed by atoms with Crippen LogP contribution in [0.15, 0.2) is 30.3 Å². The SMILES string of the molecule is O=C(O)C1CCC(C(=O)N(Cc2ccccc2)C[C@H]2CCCO2)CC1. The number of carbonyl (C=O) groups excluding carboxylic acids is 1. The van der Waals surface area contributed by atoms with E-state index in [-0.39, 0.29) is 23.8 Å². The monoisotopic (exact) mass is 345 g/mol. The molecule has 1 aliphatic carbocycles. The highest BCUT2D eigenvalue weighted by molar-refractivity contribution is 5.79. The first kappa shape index (κ1) is 17.9. The van der Waals surface area contributed by atoms with Crippen LogP contribution in [0.25, 0.3) is 0 Å². The van der Waals surface area contributed by atoms with Crippen molar-refractivity contribution in [3.8, 4) is 0 Å². The van der Waals surface area contributed by atoms with Gasteiger partial charge in [0.05, 0.1) is 12.0 Å². The number of ether oxygens (including phenoxy) is 1. The van der Waals surface area contributed by atoms with Crippen LogP contribution in [0.3, 0.4) is 0 Å². The number of nitrogens with zero attached hydrogens (tertiary/aromatic N) is 1. The summed E-state index contributed by atoms with van der Waals surface area (Å²) in [5, 5.41) is 9.14. The van der Waals surface area contributed by atoms with Gasteiger partial charge in [0.25, 0.3) is 0 Å². The molecular formula is C20H27NO4. The van der Waals surface area contributed by atoms with E-state index in [0.717, 1.165) is 25.0 Å². The standard InChI is InChI=1S/C20H27NO4/c22-19(16-8-10-17(11-9-16)20(23)24)21(14-18-7-4-12-25-18)13-15-5-2-1-3-6-15/h1-3,5-6,16-18H,4,7-14H2,(H,23,24)/t16?,17?,18-/m1/s1. The molecule has 1 saturated heterocycles. The van der Waals surface area contributed by atoms with Gasteiger partial charge in [0, 0.05) is 25.6 Å². The fourth-order valence-corrected chi connectivity index (χ4v) is 3.92. The summed E-state index contributed by atoms with van der Waals surface area (Å²) in [4.78, 5) is 26.1. The number of carbonyl (C=O) groups is 2. The first-order valence-corrected chi connectivity index (χ1v) is 9.30. The zero-order chi connectivity index (χ0) is 17.6.